The molecule has 7 heteroatoms. The van der Waals surface area contributed by atoms with Gasteiger partial charge >= 0.3 is 0 Å². The van der Waals surface area contributed by atoms with Crippen LogP contribution in [0.2, 0.25) is 0 Å². The Hall–Kier alpha value is -2.28. The van der Waals surface area contributed by atoms with Crippen LogP contribution in [0.15, 0.2) is 18.2 Å². The molecule has 2 saturated heterocycles. The fraction of sp³-hybridized carbons (Fsp3) is 0.652. The maximum atomic E-state index is 12.9. The molecule has 1 aromatic rings. The molecule has 7 nitrogen and oxygen atoms in total. The first-order chi connectivity index (χ1) is 14.5. The van der Waals surface area contributed by atoms with Crippen molar-refractivity contribution in [3.05, 3.63) is 23.8 Å². The molecule has 2 aliphatic rings. The Morgan fingerprint density at radius 3 is 2.47 bits per heavy atom. The number of methoxy groups -OCH3 is 2. The number of carbonyl (C=O) groups excluding carboxylic acids is 2. The standard InChI is InChI=1S/C23H35N3O4/c1-4-5-9-24-11-13-25(14-12-24)23(28)19-16-22(27)26(17-19)10-8-18-6-7-20(29-2)21(15-18)30-3/h6-7,15,19H,4-5,8-14,16-17H2,1-3H3/t19-/m0/s1. The van der Waals surface area contributed by atoms with E-state index in [9.17, 15) is 9.59 Å². The van der Waals surface area contributed by atoms with E-state index in [0.717, 1.165) is 44.7 Å². The van der Waals surface area contributed by atoms with Crippen LogP contribution in [0.3, 0.4) is 0 Å². The van der Waals surface area contributed by atoms with E-state index in [4.69, 9.17) is 9.47 Å². The number of likely N-dealkylation sites (tertiary alicyclic amines) is 1. The van der Waals surface area contributed by atoms with E-state index in [1.165, 1.54) is 12.8 Å². The Labute approximate surface area is 179 Å². The van der Waals surface area contributed by atoms with E-state index in [2.05, 4.69) is 11.8 Å². The van der Waals surface area contributed by atoms with E-state index in [1.807, 2.05) is 28.0 Å². The number of rotatable bonds is 9. The molecule has 1 atom stereocenters. The van der Waals surface area contributed by atoms with Gasteiger partial charge in [-0.3, -0.25) is 14.5 Å². The third-order valence-electron chi connectivity index (χ3n) is 6.19. The van der Waals surface area contributed by atoms with Gasteiger partial charge in [-0.25, -0.2) is 0 Å². The van der Waals surface area contributed by atoms with E-state index >= 15 is 0 Å². The molecule has 30 heavy (non-hydrogen) atoms. The predicted octanol–water partition coefficient (Wildman–Crippen LogP) is 2.04. The minimum Gasteiger partial charge on any atom is -0.493 e. The van der Waals surface area contributed by atoms with Crippen LogP contribution >= 0.6 is 0 Å². The SMILES string of the molecule is CCCCN1CCN(C(=O)[C@H]2CC(=O)N(CCc3ccc(OC)c(OC)c3)C2)CC1. The first kappa shape index (κ1) is 22.4. The lowest BCUT2D eigenvalue weighted by atomic mass is 10.1. The fourth-order valence-electron chi connectivity index (χ4n) is 4.29. The Bertz CT molecular complexity index is 731. The zero-order valence-electron chi connectivity index (χ0n) is 18.6. The van der Waals surface area contributed by atoms with Gasteiger partial charge in [0.2, 0.25) is 11.8 Å². The third kappa shape index (κ3) is 5.45. The van der Waals surface area contributed by atoms with Crippen LogP contribution in [0.4, 0.5) is 0 Å². The minimum absolute atomic E-state index is 0.0791. The quantitative estimate of drug-likeness (QED) is 0.615. The van der Waals surface area contributed by atoms with Gasteiger partial charge in [0.25, 0.3) is 0 Å². The summed E-state index contributed by atoms with van der Waals surface area (Å²) in [6.07, 6.45) is 3.46. The summed E-state index contributed by atoms with van der Waals surface area (Å²) >= 11 is 0. The number of hydrogen-bond acceptors (Lipinski definition) is 5. The zero-order valence-corrected chi connectivity index (χ0v) is 18.6. The van der Waals surface area contributed by atoms with Crippen molar-refractivity contribution < 1.29 is 19.1 Å². The van der Waals surface area contributed by atoms with Crippen molar-refractivity contribution in [3.63, 3.8) is 0 Å². The molecule has 2 fully saturated rings. The van der Waals surface area contributed by atoms with Crippen LogP contribution in [0.1, 0.15) is 31.7 Å². The van der Waals surface area contributed by atoms with E-state index < -0.39 is 0 Å². The van der Waals surface area contributed by atoms with Gasteiger partial charge in [0.05, 0.1) is 20.1 Å². The highest BCUT2D eigenvalue weighted by Crippen LogP contribution is 2.28. The number of piperazine rings is 1. The second kappa shape index (κ2) is 10.7. The summed E-state index contributed by atoms with van der Waals surface area (Å²) in [5.41, 5.74) is 1.08. The highest BCUT2D eigenvalue weighted by atomic mass is 16.5. The monoisotopic (exact) mass is 417 g/mol. The first-order valence-electron chi connectivity index (χ1n) is 11.1. The lowest BCUT2D eigenvalue weighted by Gasteiger charge is -2.35. The normalized spacial score (nSPS) is 20.0. The second-order valence-corrected chi connectivity index (χ2v) is 8.20. The van der Waals surface area contributed by atoms with Crippen molar-refractivity contribution in [1.82, 2.24) is 14.7 Å². The number of amides is 2. The number of nitrogens with zero attached hydrogens (tertiary/aromatic N) is 3. The summed E-state index contributed by atoms with van der Waals surface area (Å²) in [7, 11) is 3.23. The van der Waals surface area contributed by atoms with Crippen molar-refractivity contribution in [2.24, 2.45) is 5.92 Å². The summed E-state index contributed by atoms with van der Waals surface area (Å²) in [6, 6.07) is 5.81. The zero-order chi connectivity index (χ0) is 21.5. The Balaban J connectivity index is 1.48. The van der Waals surface area contributed by atoms with Gasteiger partial charge in [-0.2, -0.15) is 0 Å². The van der Waals surface area contributed by atoms with Gasteiger partial charge in [-0.05, 0) is 37.1 Å². The van der Waals surface area contributed by atoms with Crippen LogP contribution in [0.25, 0.3) is 0 Å². The van der Waals surface area contributed by atoms with E-state index in [1.54, 1.807) is 14.2 Å². The molecule has 2 amide bonds. The molecule has 0 radical (unpaired) electrons. The van der Waals surface area contributed by atoms with Gasteiger partial charge in [-0.15, -0.1) is 0 Å². The molecule has 166 valence electrons. The third-order valence-corrected chi connectivity index (χ3v) is 6.19. The molecule has 0 aliphatic carbocycles. The topological polar surface area (TPSA) is 62.3 Å². The van der Waals surface area contributed by atoms with Crippen LogP contribution in [-0.2, 0) is 16.0 Å². The lowest BCUT2D eigenvalue weighted by molar-refractivity contribution is -0.137. The van der Waals surface area contributed by atoms with Crippen molar-refractivity contribution in [2.45, 2.75) is 32.6 Å². The lowest BCUT2D eigenvalue weighted by Crippen LogP contribution is -2.50. The molecular formula is C23H35N3O4. The number of hydrogen-bond donors (Lipinski definition) is 0. The Morgan fingerprint density at radius 1 is 1.07 bits per heavy atom. The van der Waals surface area contributed by atoms with Gasteiger partial charge in [0.1, 0.15) is 0 Å². The second-order valence-electron chi connectivity index (χ2n) is 8.20. The molecule has 0 bridgehead atoms. The first-order valence-corrected chi connectivity index (χ1v) is 11.1. The van der Waals surface area contributed by atoms with Gasteiger partial charge < -0.3 is 19.3 Å². The fourth-order valence-corrected chi connectivity index (χ4v) is 4.29. The van der Waals surface area contributed by atoms with Crippen LogP contribution < -0.4 is 9.47 Å². The molecular weight excluding hydrogens is 382 g/mol. The maximum Gasteiger partial charge on any atom is 0.228 e. The molecule has 3 rings (SSSR count). The van der Waals surface area contributed by atoms with Crippen LogP contribution in [0, 0.1) is 5.92 Å². The molecule has 0 spiro atoms. The van der Waals surface area contributed by atoms with Crippen molar-refractivity contribution in [1.29, 1.82) is 0 Å². The number of unbranched alkanes of at least 4 members (excludes halogenated alkanes) is 1. The Morgan fingerprint density at radius 2 is 1.80 bits per heavy atom. The highest BCUT2D eigenvalue weighted by molar-refractivity contribution is 5.89. The molecule has 0 saturated carbocycles. The summed E-state index contributed by atoms with van der Waals surface area (Å²) < 4.78 is 10.6. The number of ether oxygens (including phenoxy) is 2. The van der Waals surface area contributed by atoms with Crippen LogP contribution in [0.5, 0.6) is 11.5 Å². The summed E-state index contributed by atoms with van der Waals surface area (Å²) in [4.78, 5) is 31.6. The average Bonchev–Trinajstić information content (AvgIpc) is 3.16. The largest absolute Gasteiger partial charge is 0.493 e. The molecule has 1 aromatic carbocycles. The van der Waals surface area contributed by atoms with E-state index in [0.29, 0.717) is 31.0 Å². The van der Waals surface area contributed by atoms with Gasteiger partial charge in [-0.1, -0.05) is 19.4 Å². The van der Waals surface area contributed by atoms with Crippen molar-refractivity contribution >= 4 is 11.8 Å². The molecule has 2 heterocycles. The van der Waals surface area contributed by atoms with Gasteiger partial charge in [0, 0.05) is 45.7 Å². The summed E-state index contributed by atoms with van der Waals surface area (Å²) in [5.74, 6) is 1.40. The number of benzene rings is 1. The van der Waals surface area contributed by atoms with Crippen molar-refractivity contribution in [2.75, 3.05) is 60.0 Å². The highest BCUT2D eigenvalue weighted by Gasteiger charge is 2.37. The van der Waals surface area contributed by atoms with Crippen LogP contribution in [-0.4, -0.2) is 86.5 Å². The van der Waals surface area contributed by atoms with Gasteiger partial charge in [0.15, 0.2) is 11.5 Å². The average molecular weight is 418 g/mol. The summed E-state index contributed by atoms with van der Waals surface area (Å²) in [5, 5.41) is 0. The Kier molecular flexibility index (Phi) is 7.96. The number of carbonyl (C=O) groups is 2. The minimum atomic E-state index is -0.204. The summed E-state index contributed by atoms with van der Waals surface area (Å²) in [6.45, 7) is 7.89. The molecule has 0 aromatic heterocycles. The molecule has 0 N–H and O–H groups in total. The predicted molar refractivity (Wildman–Crippen MR) is 116 cm³/mol. The van der Waals surface area contributed by atoms with E-state index in [-0.39, 0.29) is 17.7 Å². The van der Waals surface area contributed by atoms with Crippen molar-refractivity contribution in [3.8, 4) is 11.5 Å². The molecule has 0 unspecified atom stereocenters. The smallest absolute Gasteiger partial charge is 0.228 e. The maximum absolute atomic E-state index is 12.9. The molecule has 2 aliphatic heterocycles.